The van der Waals surface area contributed by atoms with Crippen molar-refractivity contribution in [1.82, 2.24) is 14.5 Å². The summed E-state index contributed by atoms with van der Waals surface area (Å²) in [6, 6.07) is 5.49. The molecule has 1 N–H and O–H groups in total. The summed E-state index contributed by atoms with van der Waals surface area (Å²) < 4.78 is 14.7. The maximum Gasteiger partial charge on any atom is 0.309 e. The minimum atomic E-state index is -0.999. The molecule has 7 heteroatoms. The number of amides is 1. The third kappa shape index (κ3) is 3.02. The Bertz CT molecular complexity index is 757. The predicted molar refractivity (Wildman–Crippen MR) is 83.5 cm³/mol. The molecule has 1 fully saturated rings. The minimum absolute atomic E-state index is 0.0315. The molecule has 2 heterocycles. The zero-order valence-electron chi connectivity index (χ0n) is 13.2. The van der Waals surface area contributed by atoms with Crippen molar-refractivity contribution in [2.24, 2.45) is 13.0 Å². The molecule has 0 aliphatic carbocycles. The van der Waals surface area contributed by atoms with E-state index < -0.39 is 17.9 Å². The lowest BCUT2D eigenvalue weighted by atomic mass is 9.99. The number of aliphatic carboxylic acids is 1. The number of carbonyl (C=O) groups excluding carboxylic acids is 1. The molecule has 2 aromatic rings. The summed E-state index contributed by atoms with van der Waals surface area (Å²) in [5.74, 6) is -1.76. The van der Waals surface area contributed by atoms with Crippen molar-refractivity contribution in [2.45, 2.75) is 18.9 Å². The molecule has 1 aromatic heterocycles. The van der Waals surface area contributed by atoms with Crippen LogP contribution in [0.25, 0.3) is 0 Å². The van der Waals surface area contributed by atoms with Crippen LogP contribution >= 0.6 is 0 Å². The van der Waals surface area contributed by atoms with E-state index in [1.807, 2.05) is 0 Å². The smallest absolute Gasteiger partial charge is 0.309 e. The molecule has 6 nitrogen and oxygen atoms in total. The summed E-state index contributed by atoms with van der Waals surface area (Å²) in [6.45, 7) is 0.367. The third-order valence-corrected chi connectivity index (χ3v) is 4.43. The second-order valence-electron chi connectivity index (χ2n) is 5.95. The van der Waals surface area contributed by atoms with E-state index in [9.17, 15) is 19.1 Å². The molecule has 0 bridgehead atoms. The molecular formula is C17H18FN3O3. The molecule has 24 heavy (non-hydrogen) atoms. The number of carbonyl (C=O) groups is 2. The van der Waals surface area contributed by atoms with Gasteiger partial charge in [-0.2, -0.15) is 0 Å². The Labute approximate surface area is 138 Å². The number of hydrogen-bond acceptors (Lipinski definition) is 3. The Morgan fingerprint density at radius 2 is 2.08 bits per heavy atom. The van der Waals surface area contributed by atoms with Gasteiger partial charge in [-0.05, 0) is 24.1 Å². The summed E-state index contributed by atoms with van der Waals surface area (Å²) in [6.07, 6.45) is 3.82. The van der Waals surface area contributed by atoms with Gasteiger partial charge in [-0.1, -0.05) is 12.1 Å². The number of rotatable bonds is 5. The molecule has 0 unspecified atom stereocenters. The van der Waals surface area contributed by atoms with Crippen LogP contribution in [0.4, 0.5) is 4.39 Å². The number of aromatic nitrogens is 2. The fourth-order valence-electron chi connectivity index (χ4n) is 3.16. The van der Waals surface area contributed by atoms with E-state index in [4.69, 9.17) is 0 Å². The molecule has 0 radical (unpaired) electrons. The zero-order valence-corrected chi connectivity index (χ0v) is 13.2. The summed E-state index contributed by atoms with van der Waals surface area (Å²) in [4.78, 5) is 29.7. The van der Waals surface area contributed by atoms with Gasteiger partial charge in [0.1, 0.15) is 17.7 Å². The summed E-state index contributed by atoms with van der Waals surface area (Å²) in [5, 5.41) is 9.47. The van der Waals surface area contributed by atoms with Crippen molar-refractivity contribution in [3.8, 4) is 0 Å². The van der Waals surface area contributed by atoms with Gasteiger partial charge in [0.25, 0.3) is 0 Å². The van der Waals surface area contributed by atoms with Crippen LogP contribution in [0.15, 0.2) is 36.7 Å². The molecular weight excluding hydrogens is 313 g/mol. The van der Waals surface area contributed by atoms with Crippen LogP contribution in [0.2, 0.25) is 0 Å². The SMILES string of the molecule is Cn1ccnc1[C@@H]1[C@H](C(=O)O)CC(=O)N1CCc1ccc(F)cc1. The van der Waals surface area contributed by atoms with Crippen molar-refractivity contribution in [3.63, 3.8) is 0 Å². The van der Waals surface area contributed by atoms with E-state index in [-0.39, 0.29) is 18.1 Å². The van der Waals surface area contributed by atoms with E-state index in [1.165, 1.54) is 12.1 Å². The van der Waals surface area contributed by atoms with Crippen molar-refractivity contribution >= 4 is 11.9 Å². The summed E-state index contributed by atoms with van der Waals surface area (Å²) in [7, 11) is 1.78. The molecule has 2 atom stereocenters. The van der Waals surface area contributed by atoms with E-state index >= 15 is 0 Å². The highest BCUT2D eigenvalue weighted by atomic mass is 19.1. The zero-order chi connectivity index (χ0) is 17.3. The number of imidazole rings is 1. The first kappa shape index (κ1) is 16.2. The normalized spacial score (nSPS) is 20.6. The Hall–Kier alpha value is -2.70. The molecule has 1 aromatic carbocycles. The lowest BCUT2D eigenvalue weighted by Crippen LogP contribution is -2.34. The number of nitrogens with zero attached hydrogens (tertiary/aromatic N) is 3. The van der Waals surface area contributed by atoms with E-state index in [1.54, 1.807) is 41.0 Å². The average Bonchev–Trinajstić information content (AvgIpc) is 3.10. The highest BCUT2D eigenvalue weighted by Crippen LogP contribution is 2.37. The Morgan fingerprint density at radius 1 is 1.38 bits per heavy atom. The monoisotopic (exact) mass is 331 g/mol. The molecule has 0 saturated carbocycles. The summed E-state index contributed by atoms with van der Waals surface area (Å²) >= 11 is 0. The van der Waals surface area contributed by atoms with E-state index in [2.05, 4.69) is 4.98 Å². The molecule has 1 saturated heterocycles. The second kappa shape index (κ2) is 6.43. The lowest BCUT2D eigenvalue weighted by molar-refractivity contribution is -0.142. The molecule has 126 valence electrons. The van der Waals surface area contributed by atoms with Crippen molar-refractivity contribution in [3.05, 3.63) is 53.9 Å². The fourth-order valence-corrected chi connectivity index (χ4v) is 3.16. The number of carboxylic acid groups (broad SMARTS) is 1. The maximum atomic E-state index is 13.0. The molecule has 0 spiro atoms. The Kier molecular flexibility index (Phi) is 4.33. The van der Waals surface area contributed by atoms with Crippen LogP contribution in [-0.4, -0.2) is 38.0 Å². The number of carboxylic acids is 1. The Morgan fingerprint density at radius 3 is 2.67 bits per heavy atom. The van der Waals surface area contributed by atoms with Crippen molar-refractivity contribution in [1.29, 1.82) is 0 Å². The van der Waals surface area contributed by atoms with Gasteiger partial charge >= 0.3 is 5.97 Å². The number of aryl methyl sites for hydroxylation is 1. The average molecular weight is 331 g/mol. The second-order valence-corrected chi connectivity index (χ2v) is 5.95. The fraction of sp³-hybridized carbons (Fsp3) is 0.353. The highest BCUT2D eigenvalue weighted by Gasteiger charge is 2.46. The van der Waals surface area contributed by atoms with Gasteiger partial charge in [0.05, 0.1) is 5.92 Å². The van der Waals surface area contributed by atoms with Gasteiger partial charge in [0.15, 0.2) is 0 Å². The maximum absolute atomic E-state index is 13.0. The number of halogens is 1. The van der Waals surface area contributed by atoms with Crippen LogP contribution in [0.1, 0.15) is 23.9 Å². The molecule has 1 aliphatic rings. The van der Waals surface area contributed by atoms with Gasteiger partial charge in [0, 0.05) is 32.4 Å². The van der Waals surface area contributed by atoms with Gasteiger partial charge in [-0.15, -0.1) is 0 Å². The first-order valence-corrected chi connectivity index (χ1v) is 7.71. The lowest BCUT2D eigenvalue weighted by Gasteiger charge is -2.26. The molecule has 3 rings (SSSR count). The van der Waals surface area contributed by atoms with Crippen LogP contribution in [-0.2, 0) is 23.1 Å². The highest BCUT2D eigenvalue weighted by molar-refractivity contribution is 5.87. The van der Waals surface area contributed by atoms with Gasteiger partial charge in [-0.3, -0.25) is 9.59 Å². The Balaban J connectivity index is 1.83. The van der Waals surface area contributed by atoms with Gasteiger partial charge < -0.3 is 14.6 Å². The predicted octanol–water partition coefficient (Wildman–Crippen LogP) is 1.78. The van der Waals surface area contributed by atoms with Gasteiger partial charge in [0.2, 0.25) is 5.91 Å². The van der Waals surface area contributed by atoms with Crippen molar-refractivity contribution in [2.75, 3.05) is 6.54 Å². The first-order valence-electron chi connectivity index (χ1n) is 7.71. The topological polar surface area (TPSA) is 75.4 Å². The number of hydrogen-bond donors (Lipinski definition) is 1. The van der Waals surface area contributed by atoms with Crippen LogP contribution in [0, 0.1) is 11.7 Å². The number of benzene rings is 1. The quantitative estimate of drug-likeness (QED) is 0.906. The largest absolute Gasteiger partial charge is 0.481 e. The molecule has 1 amide bonds. The first-order chi connectivity index (χ1) is 11.5. The van der Waals surface area contributed by atoms with Crippen LogP contribution < -0.4 is 0 Å². The van der Waals surface area contributed by atoms with Crippen molar-refractivity contribution < 1.29 is 19.1 Å². The van der Waals surface area contributed by atoms with Crippen LogP contribution in [0.3, 0.4) is 0 Å². The van der Waals surface area contributed by atoms with E-state index in [0.717, 1.165) is 5.56 Å². The number of likely N-dealkylation sites (tertiary alicyclic amines) is 1. The third-order valence-electron chi connectivity index (χ3n) is 4.43. The summed E-state index contributed by atoms with van der Waals surface area (Å²) in [5.41, 5.74) is 0.890. The van der Waals surface area contributed by atoms with Crippen LogP contribution in [0.5, 0.6) is 0 Å². The standard InChI is InChI=1S/C17H18FN3O3/c1-20-9-7-19-16(20)15-13(17(23)24)10-14(22)21(15)8-6-11-2-4-12(18)5-3-11/h2-5,7,9,13,15H,6,8,10H2,1H3,(H,23,24)/t13-,15+/m1/s1. The molecule has 1 aliphatic heterocycles. The van der Waals surface area contributed by atoms with E-state index in [0.29, 0.717) is 18.8 Å². The van der Waals surface area contributed by atoms with Gasteiger partial charge in [-0.25, -0.2) is 9.37 Å². The minimum Gasteiger partial charge on any atom is -0.481 e.